The van der Waals surface area contributed by atoms with E-state index in [2.05, 4.69) is 60.1 Å². The summed E-state index contributed by atoms with van der Waals surface area (Å²) in [6.45, 7) is 10.3. The fourth-order valence-electron chi connectivity index (χ4n) is 6.01. The number of nitrogens with zero attached hydrogens (tertiary/aromatic N) is 2. The second-order valence-electron chi connectivity index (χ2n) is 11.8. The predicted octanol–water partition coefficient (Wildman–Crippen LogP) is 8.75. The molecule has 0 saturated heterocycles. The van der Waals surface area contributed by atoms with Crippen molar-refractivity contribution in [3.8, 4) is 6.07 Å². The van der Waals surface area contributed by atoms with Crippen LogP contribution in [0.2, 0.25) is 0 Å². The number of rotatable bonds is 5. The number of hydrogen-bond donors (Lipinski definition) is 1. The number of carbonyl (C=O) groups is 1. The maximum absolute atomic E-state index is 15.4. The van der Waals surface area contributed by atoms with Crippen molar-refractivity contribution in [2.75, 3.05) is 4.90 Å². The molecule has 7 heteroatoms. The predicted molar refractivity (Wildman–Crippen MR) is 168 cm³/mol. The molecule has 41 heavy (non-hydrogen) atoms. The molecule has 3 aromatic carbocycles. The molecular weight excluding hydrogens is 597 g/mol. The quantitative estimate of drug-likeness (QED) is 0.286. The van der Waals surface area contributed by atoms with E-state index in [1.54, 1.807) is 28.8 Å². The molecule has 210 valence electrons. The second kappa shape index (κ2) is 11.2. The number of Topliss-reactive ketones (excluding diaryl/α,β-unsaturated/α-hetero) is 1. The lowest BCUT2D eigenvalue weighted by Gasteiger charge is -2.44. The fourth-order valence-corrected chi connectivity index (χ4v) is 7.44. The summed E-state index contributed by atoms with van der Waals surface area (Å²) < 4.78 is 16.0. The molecule has 0 saturated carbocycles. The molecule has 1 heterocycles. The van der Waals surface area contributed by atoms with E-state index in [0.717, 1.165) is 28.0 Å². The number of hydrogen-bond acceptors (Lipinski definition) is 5. The first-order valence-electron chi connectivity index (χ1n) is 13.6. The Morgan fingerprint density at radius 1 is 1.07 bits per heavy atom. The van der Waals surface area contributed by atoms with Crippen LogP contribution in [0, 0.1) is 43.3 Å². The Hall–Kier alpha value is -3.34. The molecule has 3 aromatic rings. The molecule has 4 nitrogen and oxygen atoms in total. The molecule has 0 radical (unpaired) electrons. The molecule has 1 atom stereocenters. The van der Waals surface area contributed by atoms with Crippen LogP contribution in [-0.2, 0) is 10.5 Å². The van der Waals surface area contributed by atoms with E-state index in [9.17, 15) is 10.1 Å². The Morgan fingerprint density at radius 3 is 2.49 bits per heavy atom. The molecule has 2 aliphatic rings. The van der Waals surface area contributed by atoms with Crippen LogP contribution in [0.5, 0.6) is 0 Å². The van der Waals surface area contributed by atoms with Crippen LogP contribution in [0.1, 0.15) is 60.4 Å². The number of ketones is 1. The number of anilines is 1. The van der Waals surface area contributed by atoms with Crippen molar-refractivity contribution in [1.82, 2.24) is 0 Å². The first-order valence-corrected chi connectivity index (χ1v) is 15.4. The highest BCUT2D eigenvalue weighted by molar-refractivity contribution is 9.10. The highest BCUT2D eigenvalue weighted by atomic mass is 79.9. The summed E-state index contributed by atoms with van der Waals surface area (Å²) in [5.74, 6) is -0.210. The number of benzene rings is 3. The molecule has 0 fully saturated rings. The van der Waals surface area contributed by atoms with Crippen LogP contribution in [-0.4, -0.2) is 5.78 Å². The molecule has 1 aliphatic carbocycles. The Kier molecular flexibility index (Phi) is 7.93. The van der Waals surface area contributed by atoms with E-state index in [1.807, 2.05) is 32.9 Å². The van der Waals surface area contributed by atoms with Gasteiger partial charge in [-0.05, 0) is 84.7 Å². The lowest BCUT2D eigenvalue weighted by molar-refractivity contribution is -0.118. The van der Waals surface area contributed by atoms with Crippen molar-refractivity contribution in [3.63, 3.8) is 0 Å². The van der Waals surface area contributed by atoms with Crippen LogP contribution >= 0.6 is 27.7 Å². The van der Waals surface area contributed by atoms with Crippen molar-refractivity contribution in [1.29, 1.82) is 5.26 Å². The molecule has 1 aliphatic heterocycles. The van der Waals surface area contributed by atoms with Crippen molar-refractivity contribution >= 4 is 39.2 Å². The van der Waals surface area contributed by atoms with Crippen LogP contribution < -0.4 is 10.6 Å². The first-order chi connectivity index (χ1) is 19.4. The number of carbonyl (C=O) groups excluding carboxylic acids is 1. The highest BCUT2D eigenvalue weighted by Gasteiger charge is 2.45. The van der Waals surface area contributed by atoms with Gasteiger partial charge in [0, 0.05) is 32.8 Å². The normalized spacial score (nSPS) is 18.4. The number of allylic oxidation sites excluding steroid dienone is 3. The van der Waals surface area contributed by atoms with Gasteiger partial charge in [0.25, 0.3) is 0 Å². The van der Waals surface area contributed by atoms with Gasteiger partial charge in [0.1, 0.15) is 11.6 Å². The zero-order chi connectivity index (χ0) is 29.6. The minimum atomic E-state index is -0.615. The van der Waals surface area contributed by atoms with Crippen LogP contribution in [0.4, 0.5) is 10.1 Å². The SMILES string of the molecule is Cc1cc(C)c(C2C(C#N)=C(N)N(c3ccc(Br)cc3F)C3=C2C(=O)CC(C)(C)C3)cc1CSc1ccccc1C. The zero-order valence-corrected chi connectivity index (χ0v) is 26.3. The Labute approximate surface area is 254 Å². The third-order valence-corrected chi connectivity index (χ3v) is 9.76. The summed E-state index contributed by atoms with van der Waals surface area (Å²) in [6, 6.07) is 19.6. The topological polar surface area (TPSA) is 70.1 Å². The minimum absolute atomic E-state index is 0.0279. The number of halogens is 2. The van der Waals surface area contributed by atoms with Gasteiger partial charge in [0.15, 0.2) is 5.78 Å². The third kappa shape index (κ3) is 5.48. The van der Waals surface area contributed by atoms with Crippen molar-refractivity contribution < 1.29 is 9.18 Å². The Morgan fingerprint density at radius 2 is 1.80 bits per heavy atom. The Bertz CT molecular complexity index is 1680. The molecule has 2 N–H and O–H groups in total. The van der Waals surface area contributed by atoms with Gasteiger partial charge in [0.2, 0.25) is 0 Å². The van der Waals surface area contributed by atoms with Crippen LogP contribution in [0.15, 0.2) is 86.6 Å². The number of nitrogens with two attached hydrogens (primary N) is 1. The average Bonchev–Trinajstić information content (AvgIpc) is 2.89. The van der Waals surface area contributed by atoms with Gasteiger partial charge in [-0.2, -0.15) is 5.26 Å². The van der Waals surface area contributed by atoms with Gasteiger partial charge in [-0.1, -0.05) is 60.1 Å². The molecular formula is C34H33BrFN3OS. The van der Waals surface area contributed by atoms with Crippen LogP contribution in [0.25, 0.3) is 0 Å². The minimum Gasteiger partial charge on any atom is -0.384 e. The second-order valence-corrected chi connectivity index (χ2v) is 13.7. The summed E-state index contributed by atoms with van der Waals surface area (Å²) >= 11 is 5.10. The largest absolute Gasteiger partial charge is 0.384 e. The molecule has 0 aromatic heterocycles. The van der Waals surface area contributed by atoms with Gasteiger partial charge in [-0.25, -0.2) is 4.39 Å². The van der Waals surface area contributed by atoms with E-state index >= 15 is 4.39 Å². The van der Waals surface area contributed by atoms with Gasteiger partial charge < -0.3 is 5.73 Å². The Balaban J connectivity index is 1.68. The monoisotopic (exact) mass is 629 g/mol. The summed E-state index contributed by atoms with van der Waals surface area (Å²) in [6.07, 6.45) is 0.874. The lowest BCUT2D eigenvalue weighted by Crippen LogP contribution is -2.42. The van der Waals surface area contributed by atoms with Gasteiger partial charge >= 0.3 is 0 Å². The fraction of sp³-hybridized carbons (Fsp3) is 0.294. The maximum atomic E-state index is 15.4. The molecule has 1 unspecified atom stereocenters. The molecule has 0 bridgehead atoms. The average molecular weight is 631 g/mol. The van der Waals surface area contributed by atoms with E-state index in [1.165, 1.54) is 16.5 Å². The number of aryl methyl sites for hydroxylation is 3. The van der Waals surface area contributed by atoms with Crippen LogP contribution in [0.3, 0.4) is 0 Å². The summed E-state index contributed by atoms with van der Waals surface area (Å²) in [7, 11) is 0. The smallest absolute Gasteiger partial charge is 0.162 e. The van der Waals surface area contributed by atoms with Crippen molar-refractivity contribution in [2.24, 2.45) is 11.1 Å². The maximum Gasteiger partial charge on any atom is 0.162 e. The van der Waals surface area contributed by atoms with Crippen molar-refractivity contribution in [2.45, 2.75) is 64.0 Å². The molecule has 0 spiro atoms. The number of nitriles is 1. The zero-order valence-electron chi connectivity index (χ0n) is 23.9. The highest BCUT2D eigenvalue weighted by Crippen LogP contribution is 2.51. The van der Waals surface area contributed by atoms with E-state index in [-0.39, 0.29) is 28.3 Å². The molecule has 0 amide bonds. The lowest BCUT2D eigenvalue weighted by atomic mass is 9.68. The molecule has 5 rings (SSSR count). The summed E-state index contributed by atoms with van der Waals surface area (Å²) in [5, 5.41) is 10.5. The van der Waals surface area contributed by atoms with E-state index in [4.69, 9.17) is 5.73 Å². The van der Waals surface area contributed by atoms with E-state index in [0.29, 0.717) is 28.6 Å². The standard InChI is InChI=1S/C34H33BrFN3OS/c1-19-8-6-7-9-30(19)41-18-22-13-24(21(3)12-20(22)2)31-25(17-37)33(38)39(27-11-10-23(35)14-26(27)36)28-15-34(4,5)16-29(40)32(28)31/h6-14,31H,15-16,18,38H2,1-5H3. The van der Waals surface area contributed by atoms with E-state index < -0.39 is 11.7 Å². The third-order valence-electron chi connectivity index (χ3n) is 8.04. The number of thioether (sulfide) groups is 1. The summed E-state index contributed by atoms with van der Waals surface area (Å²) in [4.78, 5) is 16.8. The van der Waals surface area contributed by atoms with Gasteiger partial charge in [-0.15, -0.1) is 11.8 Å². The first kappa shape index (κ1) is 29.2. The summed E-state index contributed by atoms with van der Waals surface area (Å²) in [5.41, 5.74) is 13.5. The van der Waals surface area contributed by atoms with Gasteiger partial charge in [-0.3, -0.25) is 9.69 Å². The van der Waals surface area contributed by atoms with Crippen molar-refractivity contribution in [3.05, 3.63) is 115 Å². The van der Waals surface area contributed by atoms with Gasteiger partial charge in [0.05, 0.1) is 23.2 Å².